The summed E-state index contributed by atoms with van der Waals surface area (Å²) in [6.07, 6.45) is -1.93. The first-order valence-electron chi connectivity index (χ1n) is 14.9. The fraction of sp³-hybridized carbons (Fsp3) is 0.303. The van der Waals surface area contributed by atoms with E-state index in [9.17, 15) is 32.7 Å². The second kappa shape index (κ2) is 17.4. The highest BCUT2D eigenvalue weighted by molar-refractivity contribution is 6.09. The van der Waals surface area contributed by atoms with Crippen LogP contribution in [-0.4, -0.2) is 70.6 Å². The van der Waals surface area contributed by atoms with Gasteiger partial charge in [0.05, 0.1) is 24.2 Å². The van der Waals surface area contributed by atoms with Crippen LogP contribution in [0.15, 0.2) is 77.8 Å². The van der Waals surface area contributed by atoms with Crippen molar-refractivity contribution in [1.29, 1.82) is 0 Å². The Balaban J connectivity index is 0.000000804. The van der Waals surface area contributed by atoms with Crippen LogP contribution in [-0.2, 0) is 27.3 Å². The maximum atomic E-state index is 13.5. The molecule has 1 heterocycles. The molecule has 0 unspecified atom stereocenters. The number of guanidine groups is 1. The van der Waals surface area contributed by atoms with E-state index in [0.29, 0.717) is 23.5 Å². The number of fused-ring (bicyclic) bond motifs is 1. The molecule has 0 atom stereocenters. The third-order valence-electron chi connectivity index (χ3n) is 7.00. The topological polar surface area (TPSA) is 189 Å². The summed E-state index contributed by atoms with van der Waals surface area (Å²) in [4.78, 5) is 54.0. The number of aryl methyl sites for hydroxylation is 1. The Bertz CT molecular complexity index is 1600. The minimum atomic E-state index is -5.08. The number of halogens is 3. The van der Waals surface area contributed by atoms with Gasteiger partial charge >= 0.3 is 18.1 Å². The highest BCUT2D eigenvalue weighted by atomic mass is 19.4. The Hall–Kier alpha value is -5.60. The van der Waals surface area contributed by atoms with Crippen molar-refractivity contribution in [3.8, 4) is 11.5 Å². The molecule has 0 fully saturated rings. The molecule has 0 radical (unpaired) electrons. The molecule has 15 heteroatoms. The van der Waals surface area contributed by atoms with Gasteiger partial charge in [0.15, 0.2) is 5.96 Å². The summed E-state index contributed by atoms with van der Waals surface area (Å²) < 4.78 is 37.6. The molecule has 0 spiro atoms. The van der Waals surface area contributed by atoms with E-state index in [4.69, 9.17) is 26.1 Å². The van der Waals surface area contributed by atoms with Crippen LogP contribution in [0.3, 0.4) is 0 Å². The van der Waals surface area contributed by atoms with Crippen molar-refractivity contribution in [2.45, 2.75) is 44.8 Å². The number of aliphatic imine (C=N–C) groups is 1. The number of carboxylic acid groups (broad SMARTS) is 2. The van der Waals surface area contributed by atoms with Gasteiger partial charge in [-0.1, -0.05) is 42.8 Å². The number of nitrogens with two attached hydrogens (primary N) is 2. The summed E-state index contributed by atoms with van der Waals surface area (Å²) in [6.45, 7) is 0.575. The number of para-hydroxylation sites is 1. The van der Waals surface area contributed by atoms with Gasteiger partial charge in [-0.05, 0) is 66.8 Å². The lowest BCUT2D eigenvalue weighted by Crippen LogP contribution is -2.40. The third kappa shape index (κ3) is 11.6. The SMILES string of the molecule is NC(N)=NCCCCCc1ccc2c(c1)C(=O)N(CCC(=O)O)CC(=O)N2Cc1ccc(Oc2ccccc2)cc1.O=C(O)C(F)(F)F. The summed E-state index contributed by atoms with van der Waals surface area (Å²) in [6, 6.07) is 22.5. The van der Waals surface area contributed by atoms with Gasteiger partial charge in [0.1, 0.15) is 18.0 Å². The van der Waals surface area contributed by atoms with Crippen LogP contribution < -0.4 is 21.1 Å². The summed E-state index contributed by atoms with van der Waals surface area (Å²) in [7, 11) is 0. The summed E-state index contributed by atoms with van der Waals surface area (Å²) in [5.74, 6) is -2.94. The van der Waals surface area contributed by atoms with Crippen LogP contribution in [0, 0.1) is 0 Å². The molecule has 0 bridgehead atoms. The number of anilines is 1. The van der Waals surface area contributed by atoms with Gasteiger partial charge in [-0.15, -0.1) is 0 Å². The Morgan fingerprint density at radius 2 is 1.50 bits per heavy atom. The van der Waals surface area contributed by atoms with Crippen LogP contribution in [0.5, 0.6) is 11.5 Å². The number of rotatable bonds is 13. The van der Waals surface area contributed by atoms with Crippen LogP contribution in [0.2, 0.25) is 0 Å². The zero-order chi connectivity index (χ0) is 35.3. The zero-order valence-corrected chi connectivity index (χ0v) is 25.9. The van der Waals surface area contributed by atoms with Gasteiger partial charge in [0, 0.05) is 13.1 Å². The van der Waals surface area contributed by atoms with Crippen LogP contribution in [0.4, 0.5) is 18.9 Å². The number of benzene rings is 3. The average Bonchev–Trinajstić information content (AvgIpc) is 3.12. The molecular formula is C33H36F3N5O7. The number of nitrogens with zero attached hydrogens (tertiary/aromatic N) is 3. The smallest absolute Gasteiger partial charge is 0.481 e. The molecular weight excluding hydrogens is 635 g/mol. The predicted octanol–water partition coefficient (Wildman–Crippen LogP) is 4.56. The van der Waals surface area contributed by atoms with Crippen LogP contribution >= 0.6 is 0 Å². The molecule has 0 aliphatic carbocycles. The van der Waals surface area contributed by atoms with E-state index >= 15 is 0 Å². The number of unbranched alkanes of at least 4 members (excludes halogenated alkanes) is 2. The van der Waals surface area contributed by atoms with Crippen molar-refractivity contribution in [3.05, 3.63) is 89.5 Å². The number of aliphatic carboxylic acids is 2. The lowest BCUT2D eigenvalue weighted by molar-refractivity contribution is -0.192. The molecule has 0 aromatic heterocycles. The molecule has 0 saturated heterocycles. The van der Waals surface area contributed by atoms with E-state index in [1.807, 2.05) is 72.8 Å². The Morgan fingerprint density at radius 3 is 2.10 bits per heavy atom. The van der Waals surface area contributed by atoms with Crippen LogP contribution in [0.25, 0.3) is 0 Å². The summed E-state index contributed by atoms with van der Waals surface area (Å²) in [5.41, 5.74) is 13.5. The largest absolute Gasteiger partial charge is 0.490 e. The molecule has 12 nitrogen and oxygen atoms in total. The van der Waals surface area contributed by atoms with E-state index in [2.05, 4.69) is 4.99 Å². The van der Waals surface area contributed by atoms with E-state index in [1.54, 1.807) is 4.90 Å². The number of carboxylic acids is 2. The number of hydrogen-bond acceptors (Lipinski definition) is 6. The molecule has 1 aliphatic heterocycles. The highest BCUT2D eigenvalue weighted by Gasteiger charge is 2.38. The number of amides is 2. The molecule has 6 N–H and O–H groups in total. The van der Waals surface area contributed by atoms with Crippen molar-refractivity contribution >= 4 is 35.4 Å². The normalized spacial score (nSPS) is 12.7. The van der Waals surface area contributed by atoms with Gasteiger partial charge < -0.3 is 36.2 Å². The molecule has 3 aromatic rings. The van der Waals surface area contributed by atoms with Crippen molar-refractivity contribution < 1.29 is 47.3 Å². The molecule has 4 rings (SSSR count). The molecule has 1 aliphatic rings. The molecule has 0 saturated carbocycles. The molecule has 256 valence electrons. The fourth-order valence-corrected chi connectivity index (χ4v) is 4.65. The lowest BCUT2D eigenvalue weighted by atomic mass is 10.0. The third-order valence-corrected chi connectivity index (χ3v) is 7.00. The van der Waals surface area contributed by atoms with E-state index < -0.39 is 18.1 Å². The summed E-state index contributed by atoms with van der Waals surface area (Å²) >= 11 is 0. The van der Waals surface area contributed by atoms with Gasteiger partial charge in [-0.3, -0.25) is 19.4 Å². The lowest BCUT2D eigenvalue weighted by Gasteiger charge is -2.23. The van der Waals surface area contributed by atoms with Gasteiger partial charge in [-0.2, -0.15) is 13.2 Å². The second-order valence-corrected chi connectivity index (χ2v) is 10.7. The monoisotopic (exact) mass is 671 g/mol. The fourth-order valence-electron chi connectivity index (χ4n) is 4.65. The first-order chi connectivity index (χ1) is 22.7. The number of hydrogen-bond donors (Lipinski definition) is 4. The van der Waals surface area contributed by atoms with Gasteiger partial charge in [0.25, 0.3) is 5.91 Å². The minimum absolute atomic E-state index is 0.0479. The average molecular weight is 672 g/mol. The maximum absolute atomic E-state index is 13.5. The van der Waals surface area contributed by atoms with E-state index in [0.717, 1.165) is 42.6 Å². The predicted molar refractivity (Wildman–Crippen MR) is 171 cm³/mol. The van der Waals surface area contributed by atoms with Crippen LogP contribution in [0.1, 0.15) is 47.2 Å². The maximum Gasteiger partial charge on any atom is 0.490 e. The molecule has 48 heavy (non-hydrogen) atoms. The van der Waals surface area contributed by atoms with E-state index in [-0.39, 0.29) is 43.8 Å². The zero-order valence-electron chi connectivity index (χ0n) is 25.9. The standard InChI is InChI=1S/C31H35N5O5.C2HF3O2/c32-31(33)34-17-6-2-3-7-22-12-15-27-26(19-22)30(40)35(18-16-29(38)39)21-28(37)36(27)20-23-10-13-25(14-11-23)41-24-8-4-1-5-9-24;3-2(4,5)1(6)7/h1,4-5,8-15,19H,2-3,6-7,16-18,20-21H2,(H,38,39)(H4,32,33,34);(H,6,7). The quantitative estimate of drug-likeness (QED) is 0.115. The van der Waals surface area contributed by atoms with E-state index in [1.165, 1.54) is 4.90 Å². The second-order valence-electron chi connectivity index (χ2n) is 10.7. The molecule has 2 amide bonds. The van der Waals surface area contributed by atoms with Crippen molar-refractivity contribution in [2.75, 3.05) is 24.5 Å². The van der Waals surface area contributed by atoms with Crippen molar-refractivity contribution in [3.63, 3.8) is 0 Å². The first kappa shape index (κ1) is 36.9. The number of alkyl halides is 3. The number of carbonyl (C=O) groups excluding carboxylic acids is 2. The Morgan fingerprint density at radius 1 is 0.875 bits per heavy atom. The molecule has 3 aromatic carbocycles. The minimum Gasteiger partial charge on any atom is -0.481 e. The van der Waals surface area contributed by atoms with Gasteiger partial charge in [-0.25, -0.2) is 4.79 Å². The van der Waals surface area contributed by atoms with Crippen molar-refractivity contribution in [1.82, 2.24) is 4.90 Å². The highest BCUT2D eigenvalue weighted by Crippen LogP contribution is 2.30. The number of ether oxygens (including phenoxy) is 1. The van der Waals surface area contributed by atoms with Gasteiger partial charge in [0.2, 0.25) is 5.91 Å². The summed E-state index contributed by atoms with van der Waals surface area (Å²) in [5, 5.41) is 16.3. The Labute approximate surface area is 274 Å². The first-order valence-corrected chi connectivity index (χ1v) is 14.9. The number of carbonyl (C=O) groups is 4. The Kier molecular flexibility index (Phi) is 13.3. The van der Waals surface area contributed by atoms with Crippen molar-refractivity contribution in [2.24, 2.45) is 16.5 Å².